The quantitative estimate of drug-likeness (QED) is 0.306. The van der Waals surface area contributed by atoms with Crippen molar-refractivity contribution in [1.29, 1.82) is 0 Å². The average Bonchev–Trinajstić information content (AvgIpc) is 3.26. The maximum absolute atomic E-state index is 13.7. The highest BCUT2D eigenvalue weighted by molar-refractivity contribution is 5.85. The molecule has 37 heavy (non-hydrogen) atoms. The second-order valence-corrected chi connectivity index (χ2v) is 10.5. The fourth-order valence-corrected chi connectivity index (χ4v) is 5.59. The zero-order chi connectivity index (χ0) is 25.7. The average molecular weight is 532 g/mol. The number of carbonyl (C=O) groups is 1. The molecule has 3 atom stereocenters. The SMILES string of the molecule is CC(C)[C@H]1c2ccc(F)cc2CC[C@H]1COC(CCN(C)CCCc1nc2ccccc2[nH]1)C(=O)O.Cl. The molecule has 4 rings (SSSR count). The minimum absolute atomic E-state index is 0. The smallest absolute Gasteiger partial charge is 0.332 e. The molecule has 0 fully saturated rings. The van der Waals surface area contributed by atoms with Crippen LogP contribution in [0, 0.1) is 17.7 Å². The summed E-state index contributed by atoms with van der Waals surface area (Å²) in [5.74, 6) is 0.705. The molecule has 0 saturated heterocycles. The maximum Gasteiger partial charge on any atom is 0.332 e. The molecule has 202 valence electrons. The number of ether oxygens (including phenoxy) is 1. The number of rotatable bonds is 12. The molecule has 1 aromatic heterocycles. The first-order valence-corrected chi connectivity index (χ1v) is 13.1. The van der Waals surface area contributed by atoms with Gasteiger partial charge in [0, 0.05) is 13.0 Å². The lowest BCUT2D eigenvalue weighted by Gasteiger charge is -2.36. The molecule has 6 nitrogen and oxygen atoms in total. The number of hydrogen-bond donors (Lipinski definition) is 2. The summed E-state index contributed by atoms with van der Waals surface area (Å²) in [4.78, 5) is 22.1. The Labute approximate surface area is 225 Å². The first kappa shape index (κ1) is 29.1. The fourth-order valence-electron chi connectivity index (χ4n) is 5.59. The molecule has 0 spiro atoms. The Morgan fingerprint density at radius 3 is 2.76 bits per heavy atom. The molecule has 1 unspecified atom stereocenters. The molecule has 0 amide bonds. The number of benzene rings is 2. The highest BCUT2D eigenvalue weighted by Crippen LogP contribution is 2.41. The Morgan fingerprint density at radius 1 is 1.24 bits per heavy atom. The van der Waals surface area contributed by atoms with Gasteiger partial charge < -0.3 is 19.7 Å². The molecule has 1 aliphatic carbocycles. The summed E-state index contributed by atoms with van der Waals surface area (Å²) in [6, 6.07) is 13.1. The molecule has 1 heterocycles. The van der Waals surface area contributed by atoms with Crippen LogP contribution in [0.25, 0.3) is 11.0 Å². The molecular formula is C29H39ClFN3O3. The summed E-state index contributed by atoms with van der Waals surface area (Å²) in [7, 11) is 2.02. The van der Waals surface area contributed by atoms with Crippen LogP contribution in [0.2, 0.25) is 0 Å². The van der Waals surface area contributed by atoms with Crippen molar-refractivity contribution in [3.63, 3.8) is 0 Å². The molecule has 8 heteroatoms. The lowest BCUT2D eigenvalue weighted by atomic mass is 9.70. The van der Waals surface area contributed by atoms with Crippen LogP contribution >= 0.6 is 12.4 Å². The molecule has 3 aromatic rings. The van der Waals surface area contributed by atoms with Crippen molar-refractivity contribution >= 4 is 29.4 Å². The number of hydrogen-bond acceptors (Lipinski definition) is 4. The Bertz CT molecular complexity index is 1140. The standard InChI is InChI=1S/C29H38FN3O3.ClH/c1-19(2)28-21(11-10-20-17-22(30)12-13-23(20)28)18-36-26(29(34)35)14-16-33(3)15-6-9-27-31-24-7-4-5-8-25(24)32-27;/h4-5,7-8,12-13,17,19,21,26,28H,6,9-11,14-16,18H2,1-3H3,(H,31,32)(H,34,35);1H/t21-,26?,28+;/m0./s1. The second-order valence-electron chi connectivity index (χ2n) is 10.5. The molecule has 2 N–H and O–H groups in total. The molecule has 0 aliphatic heterocycles. The number of nitrogens with one attached hydrogen (secondary N) is 1. The van der Waals surface area contributed by atoms with Gasteiger partial charge in [-0.25, -0.2) is 14.2 Å². The van der Waals surface area contributed by atoms with Crippen molar-refractivity contribution in [1.82, 2.24) is 14.9 Å². The van der Waals surface area contributed by atoms with Gasteiger partial charge in [-0.1, -0.05) is 32.0 Å². The molecule has 0 saturated carbocycles. The van der Waals surface area contributed by atoms with E-state index in [0.29, 0.717) is 25.5 Å². The molecule has 2 aromatic carbocycles. The third-order valence-electron chi connectivity index (χ3n) is 7.43. The third kappa shape index (κ3) is 7.53. The molecule has 0 bridgehead atoms. The largest absolute Gasteiger partial charge is 0.479 e. The number of aromatic amines is 1. The number of aromatic nitrogens is 2. The number of fused-ring (bicyclic) bond motifs is 2. The minimum Gasteiger partial charge on any atom is -0.479 e. The van der Waals surface area contributed by atoms with E-state index < -0.39 is 12.1 Å². The summed E-state index contributed by atoms with van der Waals surface area (Å²) >= 11 is 0. The van der Waals surface area contributed by atoms with Crippen LogP contribution in [0.4, 0.5) is 4.39 Å². The Morgan fingerprint density at radius 2 is 2.03 bits per heavy atom. The van der Waals surface area contributed by atoms with Gasteiger partial charge >= 0.3 is 5.97 Å². The van der Waals surface area contributed by atoms with E-state index in [4.69, 9.17) is 4.74 Å². The predicted octanol–water partition coefficient (Wildman–Crippen LogP) is 5.85. The second kappa shape index (κ2) is 13.4. The van der Waals surface area contributed by atoms with Crippen LogP contribution in [0.3, 0.4) is 0 Å². The van der Waals surface area contributed by atoms with E-state index in [0.717, 1.165) is 54.6 Å². The zero-order valence-electron chi connectivity index (χ0n) is 22.0. The number of carboxylic acids is 1. The van der Waals surface area contributed by atoms with Gasteiger partial charge in [0.15, 0.2) is 6.10 Å². The van der Waals surface area contributed by atoms with Gasteiger partial charge in [0.25, 0.3) is 0 Å². The summed E-state index contributed by atoms with van der Waals surface area (Å²) < 4.78 is 19.7. The topological polar surface area (TPSA) is 78.5 Å². The van der Waals surface area contributed by atoms with Crippen molar-refractivity contribution in [3.8, 4) is 0 Å². The highest BCUT2D eigenvalue weighted by atomic mass is 35.5. The van der Waals surface area contributed by atoms with Crippen LogP contribution in [-0.2, 0) is 22.4 Å². The van der Waals surface area contributed by atoms with Gasteiger partial charge in [-0.3, -0.25) is 0 Å². The van der Waals surface area contributed by atoms with E-state index >= 15 is 0 Å². The molecular weight excluding hydrogens is 493 g/mol. The normalized spacial score (nSPS) is 18.1. The van der Waals surface area contributed by atoms with Crippen LogP contribution in [0.5, 0.6) is 0 Å². The number of aliphatic carboxylic acids is 1. The van der Waals surface area contributed by atoms with Crippen molar-refractivity contribution in [2.45, 2.75) is 58.0 Å². The summed E-state index contributed by atoms with van der Waals surface area (Å²) in [5, 5.41) is 9.78. The van der Waals surface area contributed by atoms with Crippen LogP contribution < -0.4 is 0 Å². The van der Waals surface area contributed by atoms with E-state index in [9.17, 15) is 14.3 Å². The van der Waals surface area contributed by atoms with Gasteiger partial charge in [-0.05, 0) is 92.4 Å². The zero-order valence-corrected chi connectivity index (χ0v) is 22.8. The van der Waals surface area contributed by atoms with Crippen molar-refractivity contribution in [2.75, 3.05) is 26.7 Å². The minimum atomic E-state index is -0.912. The molecule has 1 aliphatic rings. The number of carboxylic acid groups (broad SMARTS) is 1. The van der Waals surface area contributed by atoms with E-state index in [-0.39, 0.29) is 30.1 Å². The Kier molecular flexibility index (Phi) is 10.5. The first-order chi connectivity index (χ1) is 17.3. The first-order valence-electron chi connectivity index (χ1n) is 13.1. The summed E-state index contributed by atoms with van der Waals surface area (Å²) in [6.07, 6.45) is 3.08. The summed E-state index contributed by atoms with van der Waals surface area (Å²) in [6.45, 7) is 6.26. The Balaban J connectivity index is 0.00000380. The highest BCUT2D eigenvalue weighted by Gasteiger charge is 2.33. The van der Waals surface area contributed by atoms with E-state index in [1.165, 1.54) is 11.6 Å². The number of nitrogens with zero attached hydrogens (tertiary/aromatic N) is 2. The number of imidazole rings is 1. The summed E-state index contributed by atoms with van der Waals surface area (Å²) in [5.41, 5.74) is 4.29. The predicted molar refractivity (Wildman–Crippen MR) is 147 cm³/mol. The molecule has 0 radical (unpaired) electrons. The number of halogens is 2. The third-order valence-corrected chi connectivity index (χ3v) is 7.43. The van der Waals surface area contributed by atoms with E-state index in [1.54, 1.807) is 6.07 Å². The maximum atomic E-state index is 13.7. The van der Waals surface area contributed by atoms with Crippen LogP contribution in [0.1, 0.15) is 56.0 Å². The van der Waals surface area contributed by atoms with Gasteiger partial charge in [0.1, 0.15) is 11.6 Å². The lowest BCUT2D eigenvalue weighted by molar-refractivity contribution is -0.152. The number of para-hydroxylation sites is 2. The van der Waals surface area contributed by atoms with Gasteiger partial charge in [0.2, 0.25) is 0 Å². The van der Waals surface area contributed by atoms with E-state index in [1.807, 2.05) is 37.4 Å². The monoisotopic (exact) mass is 531 g/mol. The van der Waals surface area contributed by atoms with Crippen molar-refractivity contribution in [3.05, 3.63) is 65.2 Å². The van der Waals surface area contributed by atoms with Gasteiger partial charge in [-0.2, -0.15) is 0 Å². The van der Waals surface area contributed by atoms with Crippen LogP contribution in [-0.4, -0.2) is 58.8 Å². The Hall–Kier alpha value is -2.48. The van der Waals surface area contributed by atoms with Crippen molar-refractivity contribution in [2.24, 2.45) is 11.8 Å². The fraction of sp³-hybridized carbons (Fsp3) is 0.517. The van der Waals surface area contributed by atoms with E-state index in [2.05, 4.69) is 28.7 Å². The van der Waals surface area contributed by atoms with Crippen molar-refractivity contribution < 1.29 is 19.0 Å². The number of H-pyrrole nitrogens is 1. The lowest BCUT2D eigenvalue weighted by Crippen LogP contribution is -2.34. The van der Waals surface area contributed by atoms with Gasteiger partial charge in [0.05, 0.1) is 17.6 Å². The van der Waals surface area contributed by atoms with Crippen LogP contribution in [0.15, 0.2) is 42.5 Å². The number of aryl methyl sites for hydroxylation is 2. The van der Waals surface area contributed by atoms with Gasteiger partial charge in [-0.15, -0.1) is 12.4 Å².